The Labute approximate surface area is 163 Å². The summed E-state index contributed by atoms with van der Waals surface area (Å²) in [6.07, 6.45) is 1.04. The van der Waals surface area contributed by atoms with Crippen LogP contribution in [-0.4, -0.2) is 46.8 Å². The minimum atomic E-state index is -3.70. The molecule has 2 N–H and O–H groups in total. The van der Waals surface area contributed by atoms with Crippen LogP contribution in [0.15, 0.2) is 41.6 Å². The fourth-order valence-corrected chi connectivity index (χ4v) is 3.60. The van der Waals surface area contributed by atoms with Crippen molar-refractivity contribution in [3.63, 3.8) is 0 Å². The van der Waals surface area contributed by atoms with E-state index in [4.69, 9.17) is 4.74 Å². The highest BCUT2D eigenvalue weighted by Crippen LogP contribution is 2.38. The van der Waals surface area contributed by atoms with Gasteiger partial charge >= 0.3 is 0 Å². The van der Waals surface area contributed by atoms with E-state index in [9.17, 15) is 18.6 Å². The lowest BCUT2D eigenvalue weighted by atomic mass is 9.98. The molecule has 0 saturated heterocycles. The molecule has 0 amide bonds. The number of nitrogens with zero attached hydrogens (tertiary/aromatic N) is 3. The summed E-state index contributed by atoms with van der Waals surface area (Å²) in [4.78, 5) is 0. The summed E-state index contributed by atoms with van der Waals surface area (Å²) < 4.78 is 31.0. The van der Waals surface area contributed by atoms with E-state index in [-0.39, 0.29) is 34.0 Å². The standard InChI is InChI=1S/C19H21N3O5S/c1-11(2)14-9-15(17(24)10-16(14)23)18-20-21-19(28(4,25)26)22(18)12-5-7-13(27-3)8-6-12/h5-11,23-24H,1-4H3. The van der Waals surface area contributed by atoms with Gasteiger partial charge in [0.25, 0.3) is 5.16 Å². The largest absolute Gasteiger partial charge is 0.508 e. The lowest BCUT2D eigenvalue weighted by molar-refractivity contribution is 0.414. The molecule has 1 aromatic heterocycles. The first kappa shape index (κ1) is 19.7. The zero-order chi connectivity index (χ0) is 20.6. The topological polar surface area (TPSA) is 115 Å². The maximum Gasteiger partial charge on any atom is 0.254 e. The third-order valence-electron chi connectivity index (χ3n) is 4.30. The normalized spacial score (nSPS) is 11.8. The van der Waals surface area contributed by atoms with Crippen LogP contribution in [0.25, 0.3) is 17.1 Å². The van der Waals surface area contributed by atoms with E-state index in [1.807, 2.05) is 13.8 Å². The fourth-order valence-electron chi connectivity index (χ4n) is 2.88. The number of ether oxygens (including phenoxy) is 1. The summed E-state index contributed by atoms with van der Waals surface area (Å²) in [5.74, 6) is 0.448. The molecule has 8 nitrogen and oxygen atoms in total. The molecule has 0 bridgehead atoms. The summed E-state index contributed by atoms with van der Waals surface area (Å²) in [7, 11) is -2.17. The van der Waals surface area contributed by atoms with Crippen LogP contribution in [0.3, 0.4) is 0 Å². The average molecular weight is 403 g/mol. The number of aromatic nitrogens is 3. The number of sulfone groups is 1. The molecule has 0 saturated carbocycles. The zero-order valence-corrected chi connectivity index (χ0v) is 16.7. The molecule has 0 atom stereocenters. The summed E-state index contributed by atoms with van der Waals surface area (Å²) in [6.45, 7) is 3.79. The van der Waals surface area contributed by atoms with E-state index in [2.05, 4.69) is 10.2 Å². The SMILES string of the molecule is COc1ccc(-n2c(-c3cc(C(C)C)c(O)cc3O)nnc2S(C)(=O)=O)cc1. The molecule has 0 radical (unpaired) electrons. The number of benzene rings is 2. The van der Waals surface area contributed by atoms with Crippen molar-refractivity contribution in [3.8, 4) is 34.3 Å². The molecule has 28 heavy (non-hydrogen) atoms. The minimum absolute atomic E-state index is 0.0221. The van der Waals surface area contributed by atoms with Gasteiger partial charge in [0, 0.05) is 12.3 Å². The summed E-state index contributed by atoms with van der Waals surface area (Å²) in [5, 5.41) is 28.1. The molecule has 0 aliphatic rings. The van der Waals surface area contributed by atoms with Crippen LogP contribution in [0, 0.1) is 0 Å². The van der Waals surface area contributed by atoms with Gasteiger partial charge in [0.05, 0.1) is 18.4 Å². The number of phenolic OH excluding ortho intramolecular Hbond substituents is 2. The fraction of sp³-hybridized carbons (Fsp3) is 0.263. The highest BCUT2D eigenvalue weighted by Gasteiger charge is 2.25. The van der Waals surface area contributed by atoms with Gasteiger partial charge in [0.1, 0.15) is 17.2 Å². The van der Waals surface area contributed by atoms with Crippen LogP contribution >= 0.6 is 0 Å². The second-order valence-corrected chi connectivity index (χ2v) is 8.60. The van der Waals surface area contributed by atoms with Gasteiger partial charge in [0.15, 0.2) is 5.82 Å². The lowest BCUT2D eigenvalue weighted by Gasteiger charge is -2.14. The molecule has 3 aromatic rings. The smallest absolute Gasteiger partial charge is 0.254 e. The predicted molar refractivity (Wildman–Crippen MR) is 104 cm³/mol. The number of aromatic hydroxyl groups is 2. The van der Waals surface area contributed by atoms with E-state index < -0.39 is 9.84 Å². The predicted octanol–water partition coefficient (Wildman–Crippen LogP) is 2.88. The van der Waals surface area contributed by atoms with Gasteiger partial charge < -0.3 is 14.9 Å². The molecule has 1 heterocycles. The minimum Gasteiger partial charge on any atom is -0.508 e. The second kappa shape index (κ2) is 7.16. The molecule has 0 aliphatic heterocycles. The van der Waals surface area contributed by atoms with E-state index >= 15 is 0 Å². The first-order chi connectivity index (χ1) is 13.1. The number of hydrogen-bond acceptors (Lipinski definition) is 7. The van der Waals surface area contributed by atoms with Crippen LogP contribution in [0.2, 0.25) is 0 Å². The van der Waals surface area contributed by atoms with Gasteiger partial charge in [-0.3, -0.25) is 4.57 Å². The van der Waals surface area contributed by atoms with E-state index in [0.29, 0.717) is 17.0 Å². The molecule has 2 aromatic carbocycles. The molecular weight excluding hydrogens is 382 g/mol. The molecule has 0 fully saturated rings. The third-order valence-corrected chi connectivity index (χ3v) is 5.23. The van der Waals surface area contributed by atoms with Gasteiger partial charge in [0.2, 0.25) is 9.84 Å². The van der Waals surface area contributed by atoms with Gasteiger partial charge in [-0.05, 0) is 41.8 Å². The third kappa shape index (κ3) is 3.53. The van der Waals surface area contributed by atoms with Crippen molar-refractivity contribution in [2.75, 3.05) is 13.4 Å². The Balaban J connectivity index is 2.31. The van der Waals surface area contributed by atoms with Gasteiger partial charge in [-0.2, -0.15) is 0 Å². The first-order valence-electron chi connectivity index (χ1n) is 8.49. The van der Waals surface area contributed by atoms with Gasteiger partial charge in [-0.1, -0.05) is 13.8 Å². The monoisotopic (exact) mass is 403 g/mol. The van der Waals surface area contributed by atoms with Crippen LogP contribution in [-0.2, 0) is 9.84 Å². The van der Waals surface area contributed by atoms with Gasteiger partial charge in [-0.25, -0.2) is 8.42 Å². The van der Waals surface area contributed by atoms with E-state index in [1.165, 1.54) is 17.7 Å². The lowest BCUT2D eigenvalue weighted by Crippen LogP contribution is -2.09. The molecule has 0 spiro atoms. The van der Waals surface area contributed by atoms with Crippen molar-refractivity contribution < 1.29 is 23.4 Å². The highest BCUT2D eigenvalue weighted by atomic mass is 32.2. The second-order valence-electron chi connectivity index (χ2n) is 6.69. The van der Waals surface area contributed by atoms with Crippen molar-refractivity contribution in [1.29, 1.82) is 0 Å². The number of methoxy groups -OCH3 is 1. The molecule has 0 aliphatic carbocycles. The van der Waals surface area contributed by atoms with Crippen molar-refractivity contribution in [2.45, 2.75) is 24.9 Å². The molecule has 9 heteroatoms. The summed E-state index contributed by atoms with van der Waals surface area (Å²) >= 11 is 0. The van der Waals surface area contributed by atoms with Crippen molar-refractivity contribution >= 4 is 9.84 Å². The maximum atomic E-state index is 12.3. The molecule has 3 rings (SSSR count). The number of rotatable bonds is 5. The quantitative estimate of drug-likeness (QED) is 0.673. The van der Waals surface area contributed by atoms with Crippen molar-refractivity contribution in [2.24, 2.45) is 0 Å². The van der Waals surface area contributed by atoms with Gasteiger partial charge in [-0.15, -0.1) is 10.2 Å². The number of hydrogen-bond donors (Lipinski definition) is 2. The van der Waals surface area contributed by atoms with Crippen LogP contribution in [0.1, 0.15) is 25.3 Å². The van der Waals surface area contributed by atoms with Crippen molar-refractivity contribution in [3.05, 3.63) is 42.0 Å². The van der Waals surface area contributed by atoms with Crippen LogP contribution in [0.4, 0.5) is 0 Å². The van der Waals surface area contributed by atoms with E-state index in [1.54, 1.807) is 30.3 Å². The zero-order valence-electron chi connectivity index (χ0n) is 15.9. The maximum absolute atomic E-state index is 12.3. The molecule has 148 valence electrons. The molecule has 0 unspecified atom stereocenters. The highest BCUT2D eigenvalue weighted by molar-refractivity contribution is 7.90. The number of phenols is 2. The Hall–Kier alpha value is -3.07. The Morgan fingerprint density at radius 1 is 1.04 bits per heavy atom. The molecular formula is C19H21N3O5S. The Morgan fingerprint density at radius 2 is 1.68 bits per heavy atom. The van der Waals surface area contributed by atoms with Crippen LogP contribution in [0.5, 0.6) is 17.2 Å². The first-order valence-corrected chi connectivity index (χ1v) is 10.4. The van der Waals surface area contributed by atoms with Crippen molar-refractivity contribution in [1.82, 2.24) is 14.8 Å². The Bertz CT molecular complexity index is 1120. The van der Waals surface area contributed by atoms with E-state index in [0.717, 1.165) is 6.26 Å². The average Bonchev–Trinajstić information content (AvgIpc) is 3.06. The summed E-state index contributed by atoms with van der Waals surface area (Å²) in [5.41, 5.74) is 1.34. The Kier molecular flexibility index (Phi) is 5.03. The Morgan fingerprint density at radius 3 is 2.21 bits per heavy atom. The van der Waals surface area contributed by atoms with Crippen LogP contribution < -0.4 is 4.74 Å². The summed E-state index contributed by atoms with van der Waals surface area (Å²) in [6, 6.07) is 9.51.